The summed E-state index contributed by atoms with van der Waals surface area (Å²) >= 11 is 0. The molecule has 0 unspecified atom stereocenters. The molecule has 2 amide bonds. The Morgan fingerprint density at radius 3 is 2.08 bits per heavy atom. The SMILES string of the molecule is O=C(COc1cccc(N2C(=O)[C@@H]3[C@H]4C=C[C@@H]([C@@H]5C[C@@H]45)[C@H]3C2=O)c1)c1ccc(-c2ccccc2)cc1. The lowest BCUT2D eigenvalue weighted by Crippen LogP contribution is -2.40. The Balaban J connectivity index is 1.05. The number of hydrogen-bond donors (Lipinski definition) is 0. The van der Waals surface area contributed by atoms with Crippen molar-refractivity contribution in [2.75, 3.05) is 11.5 Å². The zero-order chi connectivity index (χ0) is 24.4. The molecule has 6 atom stereocenters. The van der Waals surface area contributed by atoms with Crippen LogP contribution in [-0.4, -0.2) is 24.2 Å². The van der Waals surface area contributed by atoms with Gasteiger partial charge in [0.1, 0.15) is 5.75 Å². The molecule has 5 heteroatoms. The van der Waals surface area contributed by atoms with Gasteiger partial charge < -0.3 is 4.74 Å². The maximum atomic E-state index is 13.4. The number of imide groups is 1. The summed E-state index contributed by atoms with van der Waals surface area (Å²) in [5.41, 5.74) is 3.23. The number of allylic oxidation sites excluding steroid dienone is 2. The van der Waals surface area contributed by atoms with Crippen LogP contribution in [-0.2, 0) is 9.59 Å². The molecule has 0 aromatic heterocycles. The van der Waals surface area contributed by atoms with Crippen LogP contribution in [0, 0.1) is 35.5 Å². The summed E-state index contributed by atoms with van der Waals surface area (Å²) in [6.45, 7) is -0.126. The molecular weight excluding hydrogens is 450 g/mol. The minimum atomic E-state index is -0.235. The summed E-state index contributed by atoms with van der Waals surface area (Å²) in [5.74, 6) is 1.18. The number of hydrogen-bond acceptors (Lipinski definition) is 4. The quantitative estimate of drug-likeness (QED) is 0.280. The fourth-order valence-electron chi connectivity index (χ4n) is 6.64. The first-order valence-corrected chi connectivity index (χ1v) is 12.6. The lowest BCUT2D eigenvalue weighted by Gasteiger charge is -2.37. The molecular formula is C31H25NO4. The first kappa shape index (κ1) is 21.3. The number of carbonyl (C=O) groups excluding carboxylic acids is 3. The molecule has 2 bridgehead atoms. The summed E-state index contributed by atoms with van der Waals surface area (Å²) in [6, 6.07) is 24.4. The van der Waals surface area contributed by atoms with Crippen molar-refractivity contribution in [3.05, 3.63) is 96.6 Å². The zero-order valence-corrected chi connectivity index (χ0v) is 19.6. The predicted molar refractivity (Wildman–Crippen MR) is 135 cm³/mol. The van der Waals surface area contributed by atoms with Crippen molar-refractivity contribution in [2.45, 2.75) is 6.42 Å². The summed E-state index contributed by atoms with van der Waals surface area (Å²) in [6.07, 6.45) is 5.49. The third-order valence-corrected chi connectivity index (χ3v) is 8.42. The number of carbonyl (C=O) groups is 3. The second-order valence-corrected chi connectivity index (χ2v) is 10.3. The largest absolute Gasteiger partial charge is 0.485 e. The smallest absolute Gasteiger partial charge is 0.238 e. The summed E-state index contributed by atoms with van der Waals surface area (Å²) in [7, 11) is 0. The van der Waals surface area contributed by atoms with Gasteiger partial charge >= 0.3 is 0 Å². The Kier molecular flexibility index (Phi) is 4.75. The van der Waals surface area contributed by atoms with Gasteiger partial charge in [-0.15, -0.1) is 0 Å². The number of amides is 2. The summed E-state index contributed by atoms with van der Waals surface area (Å²) in [4.78, 5) is 40.8. The first-order valence-electron chi connectivity index (χ1n) is 12.6. The second kappa shape index (κ2) is 8.02. The van der Waals surface area contributed by atoms with Crippen LogP contribution in [0.3, 0.4) is 0 Å². The van der Waals surface area contributed by atoms with E-state index in [-0.39, 0.29) is 47.9 Å². The Labute approximate surface area is 209 Å². The van der Waals surface area contributed by atoms with E-state index in [1.807, 2.05) is 42.5 Å². The normalized spacial score (nSPS) is 29.2. The van der Waals surface area contributed by atoms with Gasteiger partial charge in [0, 0.05) is 11.6 Å². The monoisotopic (exact) mass is 475 g/mol. The molecule has 4 aliphatic carbocycles. The highest BCUT2D eigenvalue weighted by atomic mass is 16.5. The van der Waals surface area contributed by atoms with Crippen LogP contribution in [0.2, 0.25) is 0 Å². The highest BCUT2D eigenvalue weighted by molar-refractivity contribution is 6.22. The Hall–Kier alpha value is -3.99. The topological polar surface area (TPSA) is 63.7 Å². The molecule has 0 spiro atoms. The van der Waals surface area contributed by atoms with Gasteiger partial charge in [0.05, 0.1) is 17.5 Å². The van der Waals surface area contributed by atoms with E-state index in [0.717, 1.165) is 17.5 Å². The van der Waals surface area contributed by atoms with Crippen molar-refractivity contribution >= 4 is 23.3 Å². The molecule has 1 heterocycles. The van der Waals surface area contributed by atoms with Gasteiger partial charge in [0.25, 0.3) is 0 Å². The molecule has 36 heavy (non-hydrogen) atoms. The number of nitrogens with zero attached hydrogens (tertiary/aromatic N) is 1. The third-order valence-electron chi connectivity index (χ3n) is 8.42. The molecule has 2 saturated carbocycles. The number of anilines is 1. The standard InChI is InChI=1S/C31H25NO4/c33-27(20-11-9-19(10-12-20)18-5-2-1-3-6-18)17-36-22-8-4-7-21(15-22)32-30(34)28-23-13-14-24(26-16-25(23)26)29(28)31(32)35/h1-15,23-26,28-29H,16-17H2/t23-,24-,25-,26-,28+,29+/m0/s1. The van der Waals surface area contributed by atoms with Crippen LogP contribution < -0.4 is 9.64 Å². The van der Waals surface area contributed by atoms with Gasteiger partial charge in [0.15, 0.2) is 12.4 Å². The zero-order valence-electron chi connectivity index (χ0n) is 19.6. The molecule has 1 aliphatic heterocycles. The molecule has 3 aromatic carbocycles. The summed E-state index contributed by atoms with van der Waals surface area (Å²) in [5, 5.41) is 0. The number of rotatable bonds is 6. The Bertz CT molecular complexity index is 1370. The van der Waals surface area contributed by atoms with Crippen molar-refractivity contribution in [3.8, 4) is 16.9 Å². The van der Waals surface area contributed by atoms with Crippen molar-refractivity contribution in [2.24, 2.45) is 35.5 Å². The molecule has 3 fully saturated rings. The fraction of sp³-hybridized carbons (Fsp3) is 0.258. The van der Waals surface area contributed by atoms with Gasteiger partial charge in [-0.3, -0.25) is 14.4 Å². The summed E-state index contributed by atoms with van der Waals surface area (Å²) < 4.78 is 5.79. The van der Waals surface area contributed by atoms with E-state index in [2.05, 4.69) is 12.2 Å². The van der Waals surface area contributed by atoms with Crippen molar-refractivity contribution in [3.63, 3.8) is 0 Å². The van der Waals surface area contributed by atoms with Gasteiger partial charge in [0.2, 0.25) is 11.8 Å². The van der Waals surface area contributed by atoms with Crippen LogP contribution in [0.15, 0.2) is 91.0 Å². The highest BCUT2D eigenvalue weighted by Gasteiger charge is 2.67. The lowest BCUT2D eigenvalue weighted by atomic mass is 9.63. The average molecular weight is 476 g/mol. The Morgan fingerprint density at radius 1 is 0.778 bits per heavy atom. The van der Waals surface area contributed by atoms with Gasteiger partial charge in [-0.2, -0.15) is 0 Å². The van der Waals surface area contributed by atoms with E-state index in [9.17, 15) is 14.4 Å². The number of Topliss-reactive ketones (excluding diaryl/α,β-unsaturated/α-hetero) is 1. The molecule has 0 radical (unpaired) electrons. The number of ketones is 1. The van der Waals surface area contributed by atoms with E-state index in [1.165, 1.54) is 4.90 Å². The van der Waals surface area contributed by atoms with E-state index >= 15 is 0 Å². The Morgan fingerprint density at radius 2 is 1.42 bits per heavy atom. The van der Waals surface area contributed by atoms with Crippen LogP contribution in [0.1, 0.15) is 16.8 Å². The van der Waals surface area contributed by atoms with E-state index in [0.29, 0.717) is 28.8 Å². The van der Waals surface area contributed by atoms with Crippen LogP contribution in [0.4, 0.5) is 5.69 Å². The van der Waals surface area contributed by atoms with Crippen molar-refractivity contribution in [1.29, 1.82) is 0 Å². The average Bonchev–Trinajstić information content (AvgIpc) is 3.71. The second-order valence-electron chi connectivity index (χ2n) is 10.3. The number of ether oxygens (including phenoxy) is 1. The van der Waals surface area contributed by atoms with Crippen molar-refractivity contribution < 1.29 is 19.1 Å². The maximum Gasteiger partial charge on any atom is 0.238 e. The molecule has 3 aromatic rings. The molecule has 5 aliphatic rings. The number of benzene rings is 3. The van der Waals surface area contributed by atoms with Crippen molar-refractivity contribution in [1.82, 2.24) is 0 Å². The third kappa shape index (κ3) is 3.26. The van der Waals surface area contributed by atoms with Gasteiger partial charge in [-0.05, 0) is 53.4 Å². The molecule has 5 nitrogen and oxygen atoms in total. The van der Waals surface area contributed by atoms with E-state index in [1.54, 1.807) is 36.4 Å². The minimum Gasteiger partial charge on any atom is -0.485 e. The predicted octanol–water partition coefficient (Wildman–Crippen LogP) is 5.17. The van der Waals surface area contributed by atoms with Crippen LogP contribution in [0.25, 0.3) is 11.1 Å². The minimum absolute atomic E-state index is 0.0959. The van der Waals surface area contributed by atoms with E-state index < -0.39 is 0 Å². The molecule has 1 saturated heterocycles. The van der Waals surface area contributed by atoms with E-state index in [4.69, 9.17) is 4.74 Å². The van der Waals surface area contributed by atoms with Gasteiger partial charge in [-0.1, -0.05) is 72.8 Å². The molecule has 8 rings (SSSR count). The van der Waals surface area contributed by atoms with Crippen LogP contribution in [0.5, 0.6) is 5.75 Å². The lowest BCUT2D eigenvalue weighted by molar-refractivity contribution is -0.124. The van der Waals surface area contributed by atoms with Crippen LogP contribution >= 0.6 is 0 Å². The maximum absolute atomic E-state index is 13.4. The fourth-order valence-corrected chi connectivity index (χ4v) is 6.64. The molecule has 178 valence electrons. The van der Waals surface area contributed by atoms with Gasteiger partial charge in [-0.25, -0.2) is 4.90 Å². The molecule has 0 N–H and O–H groups in total. The first-order chi connectivity index (χ1) is 17.6. The highest BCUT2D eigenvalue weighted by Crippen LogP contribution is 2.65.